The second kappa shape index (κ2) is 8.03. The normalized spacial score (nSPS) is 12.1. The first-order valence-electron chi connectivity index (χ1n) is 6.55. The molecule has 0 bridgehead atoms. The first-order chi connectivity index (χ1) is 9.24. The van der Waals surface area contributed by atoms with Crippen LogP contribution in [0.25, 0.3) is 0 Å². The van der Waals surface area contributed by atoms with Crippen molar-refractivity contribution in [3.05, 3.63) is 72.6 Å². The Balaban J connectivity index is 0.00000110. The summed E-state index contributed by atoms with van der Waals surface area (Å²) in [6.45, 7) is 2.87. The zero-order valence-electron chi connectivity index (χ0n) is 12.5. The largest absolute Gasteiger partial charge is 0.427 e. The summed E-state index contributed by atoms with van der Waals surface area (Å²) in [5, 5.41) is 0. The third-order valence-corrected chi connectivity index (χ3v) is 3.60. The van der Waals surface area contributed by atoms with E-state index in [-0.39, 0.29) is 52.8 Å². The second-order valence-corrected chi connectivity index (χ2v) is 4.95. The van der Waals surface area contributed by atoms with Crippen molar-refractivity contribution in [3.8, 4) is 0 Å². The van der Waals surface area contributed by atoms with Gasteiger partial charge in [0, 0.05) is 44.7 Å². The van der Waals surface area contributed by atoms with E-state index < -0.39 is 0 Å². The zero-order chi connectivity index (χ0) is 13.2. The van der Waals surface area contributed by atoms with Gasteiger partial charge in [0.1, 0.15) is 0 Å². The van der Waals surface area contributed by atoms with Crippen LogP contribution in [0.5, 0.6) is 0 Å². The van der Waals surface area contributed by atoms with Crippen molar-refractivity contribution in [1.82, 2.24) is 0 Å². The molecule has 0 amide bonds. The van der Waals surface area contributed by atoms with Crippen LogP contribution in [0.4, 0.5) is 0 Å². The Bertz CT molecular complexity index is 613. The van der Waals surface area contributed by atoms with E-state index in [1.165, 1.54) is 11.0 Å². The molecular weight excluding hydrogens is 336 g/mol. The van der Waals surface area contributed by atoms with Gasteiger partial charge >= 0.3 is 6.92 Å². The van der Waals surface area contributed by atoms with Gasteiger partial charge in [-0.3, -0.25) is 4.79 Å². The average Bonchev–Trinajstić information content (AvgIpc) is 2.81. The fourth-order valence-electron chi connectivity index (χ4n) is 2.48. The van der Waals surface area contributed by atoms with Crippen molar-refractivity contribution >= 4 is 18.2 Å². The molecule has 0 spiro atoms. The molecule has 1 aliphatic rings. The molecule has 0 unspecified atom stereocenters. The van der Waals surface area contributed by atoms with Crippen LogP contribution in [0.1, 0.15) is 21.5 Å². The average molecular weight is 354 g/mol. The number of hydrogen-bond donors (Lipinski definition) is 0. The zero-order valence-corrected chi connectivity index (χ0v) is 15.3. The van der Waals surface area contributed by atoms with Crippen LogP contribution in [0.3, 0.4) is 0 Å². The fourth-order valence-corrected chi connectivity index (χ4v) is 2.48. The van der Waals surface area contributed by atoms with Crippen molar-refractivity contribution in [1.29, 1.82) is 0 Å². The Morgan fingerprint density at radius 2 is 1.90 bits per heavy atom. The van der Waals surface area contributed by atoms with E-state index in [0.717, 1.165) is 11.1 Å². The van der Waals surface area contributed by atoms with E-state index in [1.54, 1.807) is 0 Å². The monoisotopic (exact) mass is 354 g/mol. The van der Waals surface area contributed by atoms with E-state index in [4.69, 9.17) is 4.65 Å². The minimum absolute atomic E-state index is 0. The first-order valence-corrected chi connectivity index (χ1v) is 6.55. The molecule has 1 radical (unpaired) electrons. The van der Waals surface area contributed by atoms with Crippen LogP contribution >= 0.6 is 0 Å². The Morgan fingerprint density at radius 1 is 1.19 bits per heavy atom. The molecule has 2 aromatic rings. The number of ketones is 1. The molecule has 1 aliphatic heterocycles. The van der Waals surface area contributed by atoms with Crippen molar-refractivity contribution in [2.45, 2.75) is 19.9 Å². The smallest absolute Gasteiger partial charge is 0.324 e. The Morgan fingerprint density at radius 3 is 2.62 bits per heavy atom. The van der Waals surface area contributed by atoms with Gasteiger partial charge in [-0.2, -0.15) is 0 Å². The van der Waals surface area contributed by atoms with E-state index in [1.807, 2.05) is 36.4 Å². The van der Waals surface area contributed by atoms with Crippen LogP contribution in [0, 0.1) is 7.43 Å². The van der Waals surface area contributed by atoms with Gasteiger partial charge in [-0.25, -0.2) is 0 Å². The number of Topliss-reactive ketones (excluding diaryl/α,β-unsaturated/α-hetero) is 1. The molecule has 0 N–H and O–H groups in total. The maximum absolute atomic E-state index is 12.2. The van der Waals surface area contributed by atoms with E-state index in [2.05, 4.69) is 19.0 Å². The van der Waals surface area contributed by atoms with Crippen LogP contribution in [-0.2, 0) is 50.4 Å². The van der Waals surface area contributed by atoms with Crippen molar-refractivity contribution < 1.29 is 42.2 Å². The van der Waals surface area contributed by atoms with Gasteiger partial charge < -0.3 is 12.1 Å². The molecule has 105 valence electrons. The van der Waals surface area contributed by atoms with Gasteiger partial charge in [0.25, 0.3) is 0 Å². The van der Waals surface area contributed by atoms with Crippen molar-refractivity contribution in [3.63, 3.8) is 0 Å². The van der Waals surface area contributed by atoms with Crippen LogP contribution < -0.4 is 5.46 Å². The number of hydrogen-bond acceptors (Lipinski definition) is 2. The SMILES string of the molecule is CB1OCc2ccc(CC(=O)c3ccccc3)cc21.[CH3-].[Y]. The van der Waals surface area contributed by atoms with Gasteiger partial charge in [-0.15, -0.1) is 0 Å². The van der Waals surface area contributed by atoms with Crippen LogP contribution in [0.2, 0.25) is 6.82 Å². The predicted molar refractivity (Wildman–Crippen MR) is 83.4 cm³/mol. The summed E-state index contributed by atoms with van der Waals surface area (Å²) >= 11 is 0. The molecule has 0 fully saturated rings. The predicted octanol–water partition coefficient (Wildman–Crippen LogP) is 2.92. The van der Waals surface area contributed by atoms with Crippen LogP contribution in [-0.4, -0.2) is 12.7 Å². The number of rotatable bonds is 3. The number of carbonyl (C=O) groups excluding carboxylic acids is 1. The fraction of sp³-hybridized carbons (Fsp3) is 0.176. The van der Waals surface area contributed by atoms with Gasteiger partial charge in [0.15, 0.2) is 5.78 Å². The van der Waals surface area contributed by atoms with Gasteiger partial charge in [-0.1, -0.05) is 55.4 Å². The van der Waals surface area contributed by atoms with E-state index in [9.17, 15) is 4.79 Å². The summed E-state index contributed by atoms with van der Waals surface area (Å²) in [5.74, 6) is 0.159. The van der Waals surface area contributed by atoms with E-state index in [0.29, 0.717) is 13.0 Å². The maximum Gasteiger partial charge on any atom is 0.324 e. The van der Waals surface area contributed by atoms with Gasteiger partial charge in [0.05, 0.1) is 6.61 Å². The molecule has 2 aromatic carbocycles. The maximum atomic E-state index is 12.2. The minimum Gasteiger partial charge on any atom is -0.427 e. The quantitative estimate of drug-likeness (QED) is 0.481. The first kappa shape index (κ1) is 18.3. The summed E-state index contributed by atoms with van der Waals surface area (Å²) in [6.07, 6.45) is 0.448. The molecule has 0 saturated carbocycles. The molecule has 0 aromatic heterocycles. The van der Waals surface area contributed by atoms with Gasteiger partial charge in [-0.05, 0) is 16.6 Å². The molecular formula is C17H18BO2Y-. The summed E-state index contributed by atoms with van der Waals surface area (Å²) < 4.78 is 5.58. The third-order valence-electron chi connectivity index (χ3n) is 3.60. The summed E-state index contributed by atoms with van der Waals surface area (Å²) in [4.78, 5) is 12.2. The molecule has 0 aliphatic carbocycles. The van der Waals surface area contributed by atoms with Crippen molar-refractivity contribution in [2.24, 2.45) is 0 Å². The van der Waals surface area contributed by atoms with Gasteiger partial charge in [0.2, 0.25) is 0 Å². The minimum atomic E-state index is 0. The molecule has 3 rings (SSSR count). The van der Waals surface area contributed by atoms with Crippen LogP contribution in [0.15, 0.2) is 48.5 Å². The molecule has 2 nitrogen and oxygen atoms in total. The standard InChI is InChI=1S/C16H15BO2.CH3.Y/c1-17-15-9-12(7-8-14(15)11-19-17)10-16(18)13-5-3-2-4-6-13;;/h2-9H,10-11H2,1H3;1H3;/q;-1;. The van der Waals surface area contributed by atoms with Crippen molar-refractivity contribution in [2.75, 3.05) is 0 Å². The topological polar surface area (TPSA) is 26.3 Å². The molecule has 0 saturated heterocycles. The number of benzene rings is 2. The molecule has 0 atom stereocenters. The summed E-state index contributed by atoms with van der Waals surface area (Å²) in [5.41, 5.74) is 4.29. The third kappa shape index (κ3) is 4.12. The Labute approximate surface area is 152 Å². The van der Waals surface area contributed by atoms with E-state index >= 15 is 0 Å². The summed E-state index contributed by atoms with van der Waals surface area (Å²) in [6, 6.07) is 15.6. The molecule has 4 heteroatoms. The molecule has 21 heavy (non-hydrogen) atoms. The Hall–Kier alpha value is -0.761. The number of carbonyl (C=O) groups is 1. The second-order valence-electron chi connectivity index (χ2n) is 4.95. The Kier molecular flexibility index (Phi) is 6.99. The summed E-state index contributed by atoms with van der Waals surface area (Å²) in [7, 11) is 0. The number of fused-ring (bicyclic) bond motifs is 1. The molecule has 1 heterocycles.